The fraction of sp³-hybridized carbons (Fsp3) is 0.500. The van der Waals surface area contributed by atoms with E-state index < -0.39 is 0 Å². The number of amides is 1. The number of carbonyl (C=O) groups excluding carboxylic acids is 1. The highest BCUT2D eigenvalue weighted by molar-refractivity contribution is 8.00. The molecule has 2 rings (SSSR count). The van der Waals surface area contributed by atoms with E-state index in [0.717, 1.165) is 18.8 Å². The lowest BCUT2D eigenvalue weighted by molar-refractivity contribution is -0.113. The van der Waals surface area contributed by atoms with Gasteiger partial charge in [0, 0.05) is 16.0 Å². The molecule has 0 radical (unpaired) electrons. The summed E-state index contributed by atoms with van der Waals surface area (Å²) in [5.74, 6) is 0.586. The van der Waals surface area contributed by atoms with Crippen LogP contribution in [0.4, 0.5) is 5.69 Å². The minimum absolute atomic E-state index is 0.0613. The van der Waals surface area contributed by atoms with Gasteiger partial charge in [-0.1, -0.05) is 11.6 Å². The zero-order chi connectivity index (χ0) is 13.7. The normalized spacial score (nSPS) is 17.4. The molecular formula is C14H19ClN2OS. The van der Waals surface area contributed by atoms with Crippen LogP contribution in [-0.4, -0.2) is 41.9 Å². The summed E-state index contributed by atoms with van der Waals surface area (Å²) >= 11 is 7.57. The first-order valence-corrected chi connectivity index (χ1v) is 7.92. The van der Waals surface area contributed by atoms with Crippen molar-refractivity contribution in [3.8, 4) is 0 Å². The van der Waals surface area contributed by atoms with E-state index in [2.05, 4.69) is 17.3 Å². The predicted octanol–water partition coefficient (Wildman–Crippen LogP) is 3.11. The van der Waals surface area contributed by atoms with Crippen molar-refractivity contribution in [2.45, 2.75) is 18.1 Å². The Bertz CT molecular complexity index is 416. The highest BCUT2D eigenvalue weighted by Crippen LogP contribution is 2.23. The molecule has 0 aromatic heterocycles. The lowest BCUT2D eigenvalue weighted by Gasteiger charge is -2.28. The third-order valence-corrected chi connectivity index (χ3v) is 4.87. The van der Waals surface area contributed by atoms with E-state index in [1.54, 1.807) is 23.9 Å². The maximum absolute atomic E-state index is 11.8. The summed E-state index contributed by atoms with van der Waals surface area (Å²) in [6.45, 7) is 2.27. The second-order valence-corrected chi connectivity index (χ2v) is 6.59. The van der Waals surface area contributed by atoms with Gasteiger partial charge in [0.1, 0.15) is 0 Å². The summed E-state index contributed by atoms with van der Waals surface area (Å²) in [6.07, 6.45) is 2.35. The number of rotatable bonds is 4. The van der Waals surface area contributed by atoms with Gasteiger partial charge in [-0.15, -0.1) is 11.8 Å². The Kier molecular flexibility index (Phi) is 5.55. The molecule has 0 atom stereocenters. The van der Waals surface area contributed by atoms with E-state index >= 15 is 0 Å². The van der Waals surface area contributed by atoms with Crippen LogP contribution in [0.3, 0.4) is 0 Å². The number of nitrogens with zero attached hydrogens (tertiary/aromatic N) is 1. The highest BCUT2D eigenvalue weighted by atomic mass is 35.5. The molecule has 0 bridgehead atoms. The topological polar surface area (TPSA) is 32.3 Å². The van der Waals surface area contributed by atoms with Gasteiger partial charge < -0.3 is 10.2 Å². The summed E-state index contributed by atoms with van der Waals surface area (Å²) < 4.78 is 0. The van der Waals surface area contributed by atoms with Crippen molar-refractivity contribution < 1.29 is 4.79 Å². The molecule has 0 saturated carbocycles. The Balaban J connectivity index is 1.71. The number of benzene rings is 1. The van der Waals surface area contributed by atoms with Crippen LogP contribution in [0.2, 0.25) is 5.02 Å². The Morgan fingerprint density at radius 2 is 2.00 bits per heavy atom. The van der Waals surface area contributed by atoms with Crippen LogP contribution < -0.4 is 5.32 Å². The lowest BCUT2D eigenvalue weighted by atomic mass is 10.1. The largest absolute Gasteiger partial charge is 0.325 e. The van der Waals surface area contributed by atoms with Gasteiger partial charge in [0.25, 0.3) is 0 Å². The van der Waals surface area contributed by atoms with Crippen molar-refractivity contribution in [3.05, 3.63) is 29.3 Å². The standard InChI is InChI=1S/C14H19ClN2OS/c1-17-8-6-13(7-9-17)19-10-14(18)16-12-4-2-11(15)3-5-12/h2-5,13H,6-10H2,1H3,(H,16,18). The first-order valence-electron chi connectivity index (χ1n) is 6.49. The van der Waals surface area contributed by atoms with Crippen LogP contribution in [0, 0.1) is 0 Å². The van der Waals surface area contributed by atoms with Crippen LogP contribution >= 0.6 is 23.4 Å². The van der Waals surface area contributed by atoms with Gasteiger partial charge in [-0.05, 0) is 57.2 Å². The zero-order valence-electron chi connectivity index (χ0n) is 11.1. The molecule has 1 aromatic carbocycles. The summed E-state index contributed by atoms with van der Waals surface area (Å²) in [5.41, 5.74) is 0.804. The number of hydrogen-bond acceptors (Lipinski definition) is 3. The Labute approximate surface area is 123 Å². The number of anilines is 1. The van der Waals surface area contributed by atoms with Gasteiger partial charge in [0.15, 0.2) is 0 Å². The average Bonchev–Trinajstić information content (AvgIpc) is 2.41. The molecule has 1 N–H and O–H groups in total. The van der Waals surface area contributed by atoms with E-state index in [1.165, 1.54) is 12.8 Å². The van der Waals surface area contributed by atoms with Crippen LogP contribution in [0.5, 0.6) is 0 Å². The summed E-state index contributed by atoms with van der Waals surface area (Å²) in [4.78, 5) is 14.2. The van der Waals surface area contributed by atoms with E-state index in [1.807, 2.05) is 12.1 Å². The molecular weight excluding hydrogens is 280 g/mol. The maximum Gasteiger partial charge on any atom is 0.234 e. The molecule has 0 unspecified atom stereocenters. The van der Waals surface area contributed by atoms with Crippen LogP contribution in [0.15, 0.2) is 24.3 Å². The first-order chi connectivity index (χ1) is 9.13. The molecule has 5 heteroatoms. The van der Waals surface area contributed by atoms with E-state index in [0.29, 0.717) is 16.0 Å². The van der Waals surface area contributed by atoms with Gasteiger partial charge >= 0.3 is 0 Å². The second-order valence-electron chi connectivity index (χ2n) is 4.87. The quantitative estimate of drug-likeness (QED) is 0.927. The molecule has 1 fully saturated rings. The van der Waals surface area contributed by atoms with Crippen molar-refractivity contribution in [3.63, 3.8) is 0 Å². The molecule has 0 spiro atoms. The highest BCUT2D eigenvalue weighted by Gasteiger charge is 2.17. The third-order valence-electron chi connectivity index (χ3n) is 3.24. The minimum Gasteiger partial charge on any atom is -0.325 e. The molecule has 1 aliphatic rings. The van der Waals surface area contributed by atoms with Gasteiger partial charge in [-0.2, -0.15) is 0 Å². The maximum atomic E-state index is 11.8. The van der Waals surface area contributed by atoms with Gasteiger partial charge in [0.05, 0.1) is 5.75 Å². The number of nitrogens with one attached hydrogen (secondary N) is 1. The van der Waals surface area contributed by atoms with E-state index in [4.69, 9.17) is 11.6 Å². The number of hydrogen-bond donors (Lipinski definition) is 1. The molecule has 3 nitrogen and oxygen atoms in total. The summed E-state index contributed by atoms with van der Waals surface area (Å²) in [7, 11) is 2.15. The zero-order valence-corrected chi connectivity index (χ0v) is 12.6. The summed E-state index contributed by atoms with van der Waals surface area (Å²) in [6, 6.07) is 7.20. The fourth-order valence-corrected chi connectivity index (χ4v) is 3.20. The number of halogens is 1. The molecule has 1 amide bonds. The molecule has 1 aromatic rings. The van der Waals surface area contributed by atoms with Gasteiger partial charge in [0.2, 0.25) is 5.91 Å². The SMILES string of the molecule is CN1CCC(SCC(=O)Nc2ccc(Cl)cc2)CC1. The molecule has 1 saturated heterocycles. The monoisotopic (exact) mass is 298 g/mol. The fourth-order valence-electron chi connectivity index (χ4n) is 2.08. The second kappa shape index (κ2) is 7.17. The molecule has 0 aliphatic carbocycles. The van der Waals surface area contributed by atoms with Crippen molar-refractivity contribution in [1.82, 2.24) is 4.90 Å². The number of thioether (sulfide) groups is 1. The Hall–Kier alpha value is -0.710. The van der Waals surface area contributed by atoms with E-state index in [9.17, 15) is 4.79 Å². The van der Waals surface area contributed by atoms with Crippen molar-refractivity contribution in [2.24, 2.45) is 0 Å². The number of likely N-dealkylation sites (tertiary alicyclic amines) is 1. The molecule has 1 aliphatic heterocycles. The van der Waals surface area contributed by atoms with Crippen LogP contribution in [-0.2, 0) is 4.79 Å². The molecule has 1 heterocycles. The number of piperidine rings is 1. The smallest absolute Gasteiger partial charge is 0.234 e. The lowest BCUT2D eigenvalue weighted by Crippen LogP contribution is -2.32. The van der Waals surface area contributed by atoms with Gasteiger partial charge in [-0.25, -0.2) is 0 Å². The summed E-state index contributed by atoms with van der Waals surface area (Å²) in [5, 5.41) is 4.19. The van der Waals surface area contributed by atoms with Crippen molar-refractivity contribution in [1.29, 1.82) is 0 Å². The predicted molar refractivity (Wildman–Crippen MR) is 83.1 cm³/mol. The first kappa shape index (κ1) is 14.7. The van der Waals surface area contributed by atoms with Crippen LogP contribution in [0.1, 0.15) is 12.8 Å². The number of carbonyl (C=O) groups is 1. The molecule has 104 valence electrons. The average molecular weight is 299 g/mol. The third kappa shape index (κ3) is 5.05. The molecule has 19 heavy (non-hydrogen) atoms. The van der Waals surface area contributed by atoms with Crippen molar-refractivity contribution in [2.75, 3.05) is 31.2 Å². The van der Waals surface area contributed by atoms with E-state index in [-0.39, 0.29) is 5.91 Å². The van der Waals surface area contributed by atoms with Gasteiger partial charge in [-0.3, -0.25) is 4.79 Å². The minimum atomic E-state index is 0.0613. The Morgan fingerprint density at radius 3 is 2.63 bits per heavy atom. The van der Waals surface area contributed by atoms with Crippen molar-refractivity contribution >= 4 is 35.0 Å². The van der Waals surface area contributed by atoms with Crippen LogP contribution in [0.25, 0.3) is 0 Å². The Morgan fingerprint density at radius 1 is 1.37 bits per heavy atom.